The number of carbonyl (C=O) groups excluding carboxylic acids is 2. The summed E-state index contributed by atoms with van der Waals surface area (Å²) in [7, 11) is 1.35. The Morgan fingerprint density at radius 3 is 2.00 bits per heavy atom. The van der Waals surface area contributed by atoms with Crippen LogP contribution in [0.2, 0.25) is 0 Å². The number of esters is 1. The van der Waals surface area contributed by atoms with Gasteiger partial charge in [0.05, 0.1) is 13.5 Å². The lowest BCUT2D eigenvalue weighted by Crippen LogP contribution is -2.37. The normalized spacial score (nSPS) is 11.6. The van der Waals surface area contributed by atoms with Crippen LogP contribution >= 0.6 is 0 Å². The van der Waals surface area contributed by atoms with Crippen LogP contribution in [0, 0.1) is 0 Å². The van der Waals surface area contributed by atoms with Crippen molar-refractivity contribution in [1.29, 1.82) is 0 Å². The molecular formula is C20H24N2O3. The van der Waals surface area contributed by atoms with Crippen LogP contribution in [0.1, 0.15) is 24.0 Å². The van der Waals surface area contributed by atoms with E-state index < -0.39 is 0 Å². The Labute approximate surface area is 148 Å². The second-order valence-electron chi connectivity index (χ2n) is 5.81. The number of hydrogen-bond donors (Lipinski definition) is 2. The lowest BCUT2D eigenvalue weighted by Gasteiger charge is -2.17. The zero-order chi connectivity index (χ0) is 17.9. The Bertz CT molecular complexity index is 659. The Balaban J connectivity index is 1.85. The average molecular weight is 340 g/mol. The van der Waals surface area contributed by atoms with Gasteiger partial charge in [-0.3, -0.25) is 9.59 Å². The van der Waals surface area contributed by atoms with E-state index in [1.807, 2.05) is 60.7 Å². The van der Waals surface area contributed by atoms with Crippen molar-refractivity contribution in [2.24, 2.45) is 0 Å². The molecule has 0 aliphatic rings. The van der Waals surface area contributed by atoms with Gasteiger partial charge in [-0.25, -0.2) is 0 Å². The van der Waals surface area contributed by atoms with E-state index in [4.69, 9.17) is 4.74 Å². The fourth-order valence-corrected chi connectivity index (χ4v) is 2.45. The van der Waals surface area contributed by atoms with Crippen LogP contribution in [0.15, 0.2) is 60.7 Å². The van der Waals surface area contributed by atoms with Gasteiger partial charge in [-0.1, -0.05) is 60.7 Å². The van der Waals surface area contributed by atoms with Crippen molar-refractivity contribution in [1.82, 2.24) is 10.6 Å². The lowest BCUT2D eigenvalue weighted by molar-refractivity contribution is -0.141. The third-order valence-corrected chi connectivity index (χ3v) is 3.84. The first-order valence-electron chi connectivity index (χ1n) is 8.32. The van der Waals surface area contributed by atoms with Crippen LogP contribution in [0.4, 0.5) is 0 Å². The minimum atomic E-state index is -0.332. The van der Waals surface area contributed by atoms with Crippen molar-refractivity contribution in [3.8, 4) is 0 Å². The van der Waals surface area contributed by atoms with E-state index in [0.29, 0.717) is 13.1 Å². The zero-order valence-electron chi connectivity index (χ0n) is 14.4. The molecule has 0 spiro atoms. The molecule has 0 saturated heterocycles. The summed E-state index contributed by atoms with van der Waals surface area (Å²) >= 11 is 0. The maximum atomic E-state index is 12.2. The number of nitrogens with one attached hydrogen (secondary N) is 2. The molecule has 0 saturated carbocycles. The van der Waals surface area contributed by atoms with Gasteiger partial charge in [0.2, 0.25) is 5.91 Å². The van der Waals surface area contributed by atoms with Gasteiger partial charge < -0.3 is 15.4 Å². The summed E-state index contributed by atoms with van der Waals surface area (Å²) in [5, 5.41) is 6.16. The molecular weight excluding hydrogens is 316 g/mol. The van der Waals surface area contributed by atoms with Gasteiger partial charge in [-0.2, -0.15) is 0 Å². The first kappa shape index (κ1) is 18.7. The number of methoxy groups -OCH3 is 1. The van der Waals surface area contributed by atoms with Crippen molar-refractivity contribution in [3.05, 3.63) is 71.8 Å². The van der Waals surface area contributed by atoms with Crippen LogP contribution in [0.5, 0.6) is 0 Å². The van der Waals surface area contributed by atoms with Crippen LogP contribution in [0.25, 0.3) is 0 Å². The largest absolute Gasteiger partial charge is 0.469 e. The van der Waals surface area contributed by atoms with Gasteiger partial charge in [0.25, 0.3) is 0 Å². The standard InChI is InChI=1S/C20H24N2O3/c1-25-20(24)13-18(21-14-16-8-4-2-5-9-16)12-19(23)22-15-17-10-6-3-7-11-17/h2-11,18,21H,12-15H2,1H3,(H,22,23). The molecule has 25 heavy (non-hydrogen) atoms. The molecule has 0 aliphatic heterocycles. The molecule has 132 valence electrons. The topological polar surface area (TPSA) is 67.4 Å². The summed E-state index contributed by atoms with van der Waals surface area (Å²) in [6.45, 7) is 1.07. The van der Waals surface area contributed by atoms with E-state index in [2.05, 4.69) is 10.6 Å². The van der Waals surface area contributed by atoms with Crippen molar-refractivity contribution in [2.75, 3.05) is 7.11 Å². The molecule has 0 radical (unpaired) electrons. The molecule has 1 unspecified atom stereocenters. The molecule has 5 heteroatoms. The van der Waals surface area contributed by atoms with Crippen molar-refractivity contribution < 1.29 is 14.3 Å². The third kappa shape index (κ3) is 7.18. The highest BCUT2D eigenvalue weighted by Crippen LogP contribution is 2.05. The molecule has 1 atom stereocenters. The van der Waals surface area contributed by atoms with Gasteiger partial charge in [0.1, 0.15) is 0 Å². The minimum Gasteiger partial charge on any atom is -0.469 e. The Morgan fingerprint density at radius 2 is 1.44 bits per heavy atom. The van der Waals surface area contributed by atoms with E-state index in [-0.39, 0.29) is 30.8 Å². The van der Waals surface area contributed by atoms with E-state index in [1.54, 1.807) is 0 Å². The van der Waals surface area contributed by atoms with E-state index in [9.17, 15) is 9.59 Å². The van der Waals surface area contributed by atoms with Crippen LogP contribution in [0.3, 0.4) is 0 Å². The molecule has 0 bridgehead atoms. The molecule has 0 aliphatic carbocycles. The number of carbonyl (C=O) groups is 2. The predicted octanol–water partition coefficient (Wildman–Crippen LogP) is 2.41. The molecule has 0 aromatic heterocycles. The Kier molecular flexibility index (Phi) is 7.66. The Morgan fingerprint density at radius 1 is 0.880 bits per heavy atom. The number of hydrogen-bond acceptors (Lipinski definition) is 4. The number of benzene rings is 2. The molecule has 0 fully saturated rings. The maximum Gasteiger partial charge on any atom is 0.307 e. The van der Waals surface area contributed by atoms with Gasteiger partial charge in [0, 0.05) is 25.6 Å². The molecule has 2 rings (SSSR count). The maximum absolute atomic E-state index is 12.2. The van der Waals surface area contributed by atoms with Crippen molar-refractivity contribution in [3.63, 3.8) is 0 Å². The highest BCUT2D eigenvalue weighted by Gasteiger charge is 2.17. The Hall–Kier alpha value is -2.66. The SMILES string of the molecule is COC(=O)CC(CC(=O)NCc1ccccc1)NCc1ccccc1. The highest BCUT2D eigenvalue weighted by molar-refractivity contribution is 5.78. The second kappa shape index (κ2) is 10.3. The van der Waals surface area contributed by atoms with Gasteiger partial charge in [0.15, 0.2) is 0 Å². The second-order valence-corrected chi connectivity index (χ2v) is 5.81. The zero-order valence-corrected chi connectivity index (χ0v) is 14.4. The average Bonchev–Trinajstić information content (AvgIpc) is 2.66. The van der Waals surface area contributed by atoms with Crippen LogP contribution in [-0.2, 0) is 27.4 Å². The van der Waals surface area contributed by atoms with Crippen molar-refractivity contribution in [2.45, 2.75) is 32.0 Å². The first-order chi connectivity index (χ1) is 12.2. The smallest absolute Gasteiger partial charge is 0.307 e. The van der Waals surface area contributed by atoms with Crippen LogP contribution < -0.4 is 10.6 Å². The van der Waals surface area contributed by atoms with Gasteiger partial charge in [-0.15, -0.1) is 0 Å². The monoisotopic (exact) mass is 340 g/mol. The molecule has 5 nitrogen and oxygen atoms in total. The molecule has 2 N–H and O–H groups in total. The highest BCUT2D eigenvalue weighted by atomic mass is 16.5. The number of ether oxygens (including phenoxy) is 1. The van der Waals surface area contributed by atoms with E-state index in [1.165, 1.54) is 7.11 Å². The van der Waals surface area contributed by atoms with Crippen LogP contribution in [-0.4, -0.2) is 25.0 Å². The predicted molar refractivity (Wildman–Crippen MR) is 96.6 cm³/mol. The third-order valence-electron chi connectivity index (χ3n) is 3.84. The quantitative estimate of drug-likeness (QED) is 0.688. The summed E-state index contributed by atoms with van der Waals surface area (Å²) in [5.74, 6) is -0.431. The summed E-state index contributed by atoms with van der Waals surface area (Å²) < 4.78 is 4.73. The first-order valence-corrected chi connectivity index (χ1v) is 8.32. The summed E-state index contributed by atoms with van der Waals surface area (Å²) in [5.41, 5.74) is 2.14. The molecule has 2 aromatic carbocycles. The van der Waals surface area contributed by atoms with E-state index >= 15 is 0 Å². The summed E-state index contributed by atoms with van der Waals surface area (Å²) in [6, 6.07) is 19.3. The molecule has 0 heterocycles. The van der Waals surface area contributed by atoms with Gasteiger partial charge >= 0.3 is 5.97 Å². The van der Waals surface area contributed by atoms with Crippen molar-refractivity contribution >= 4 is 11.9 Å². The molecule has 2 aromatic rings. The lowest BCUT2D eigenvalue weighted by atomic mass is 10.1. The van der Waals surface area contributed by atoms with Gasteiger partial charge in [-0.05, 0) is 11.1 Å². The summed E-state index contributed by atoms with van der Waals surface area (Å²) in [4.78, 5) is 23.8. The minimum absolute atomic E-state index is 0.0988. The number of rotatable bonds is 9. The fourth-order valence-electron chi connectivity index (χ4n) is 2.45. The fraction of sp³-hybridized carbons (Fsp3) is 0.300. The van der Waals surface area contributed by atoms with E-state index in [0.717, 1.165) is 11.1 Å². The molecule has 1 amide bonds. The number of amides is 1. The summed E-state index contributed by atoms with van der Waals surface area (Å²) in [6.07, 6.45) is 0.372.